The van der Waals surface area contributed by atoms with Crippen molar-refractivity contribution in [1.82, 2.24) is 0 Å². The minimum atomic E-state index is -0.0000926. The summed E-state index contributed by atoms with van der Waals surface area (Å²) >= 11 is 0. The van der Waals surface area contributed by atoms with Gasteiger partial charge < -0.3 is 4.74 Å². The van der Waals surface area contributed by atoms with E-state index in [0.29, 0.717) is 6.23 Å². The first-order valence-electron chi connectivity index (χ1n) is 5.28. The van der Waals surface area contributed by atoms with E-state index in [-0.39, 0.29) is 6.10 Å². The van der Waals surface area contributed by atoms with E-state index in [0.717, 1.165) is 0 Å². The van der Waals surface area contributed by atoms with Gasteiger partial charge >= 0.3 is 0 Å². The summed E-state index contributed by atoms with van der Waals surface area (Å²) in [6.07, 6.45) is 0.522. The average Bonchev–Trinajstić information content (AvgIpc) is 2.38. The zero-order valence-electron chi connectivity index (χ0n) is 8.97. The molecule has 79 valence electrons. The summed E-state index contributed by atoms with van der Waals surface area (Å²) < 4.78 is 5.73. The van der Waals surface area contributed by atoms with Crippen LogP contribution in [-0.2, 0) is 4.74 Å². The average molecular weight is 225 g/mol. The minimum Gasteiger partial charge on any atom is -0.373 e. The molecule has 0 saturated carbocycles. The maximum Gasteiger partial charge on any atom is 0.107 e. The van der Waals surface area contributed by atoms with Crippen LogP contribution >= 0.6 is 0 Å². The van der Waals surface area contributed by atoms with Crippen molar-refractivity contribution < 1.29 is 4.74 Å². The van der Waals surface area contributed by atoms with Crippen LogP contribution in [0.15, 0.2) is 60.7 Å². The van der Waals surface area contributed by atoms with Gasteiger partial charge in [-0.25, -0.2) is 0 Å². The molecule has 0 saturated heterocycles. The van der Waals surface area contributed by atoms with Crippen molar-refractivity contribution in [2.45, 2.75) is 6.10 Å². The minimum absolute atomic E-state index is 0.0000926. The Balaban J connectivity index is 2.31. The van der Waals surface area contributed by atoms with Gasteiger partial charge in [-0.05, 0) is 11.1 Å². The molecule has 0 aliphatic rings. The standard InChI is InChI=1S/C14H13OSi/c16-11-15-14(12-7-3-1-4-8-12)13-9-5-2-6-10-13/h1-10,14H,11H2. The molecule has 2 rings (SSSR count). The molecule has 0 aliphatic heterocycles. The molecule has 16 heavy (non-hydrogen) atoms. The Kier molecular flexibility index (Phi) is 3.91. The molecule has 2 aromatic carbocycles. The van der Waals surface area contributed by atoms with Crippen LogP contribution < -0.4 is 0 Å². The monoisotopic (exact) mass is 225 g/mol. The zero-order chi connectivity index (χ0) is 11.2. The Morgan fingerprint density at radius 2 is 1.25 bits per heavy atom. The summed E-state index contributed by atoms with van der Waals surface area (Å²) in [6.45, 7) is 0. The number of rotatable bonds is 4. The molecule has 0 N–H and O–H groups in total. The van der Waals surface area contributed by atoms with Gasteiger partial charge in [0.2, 0.25) is 0 Å². The molecule has 0 unspecified atom stereocenters. The van der Waals surface area contributed by atoms with Crippen LogP contribution in [0.1, 0.15) is 17.2 Å². The van der Waals surface area contributed by atoms with Gasteiger partial charge in [0.15, 0.2) is 0 Å². The van der Waals surface area contributed by atoms with Gasteiger partial charge in [-0.15, -0.1) is 0 Å². The van der Waals surface area contributed by atoms with Crippen molar-refractivity contribution in [2.75, 3.05) is 6.23 Å². The molecule has 0 aromatic heterocycles. The van der Waals surface area contributed by atoms with E-state index >= 15 is 0 Å². The molecule has 2 heteroatoms. The van der Waals surface area contributed by atoms with Crippen molar-refractivity contribution in [2.24, 2.45) is 0 Å². The Hall–Kier alpha value is -1.38. The molecule has 3 radical (unpaired) electrons. The van der Waals surface area contributed by atoms with Gasteiger partial charge in [-0.1, -0.05) is 60.7 Å². The Labute approximate surface area is 99.5 Å². The van der Waals surface area contributed by atoms with Crippen molar-refractivity contribution in [3.8, 4) is 0 Å². The van der Waals surface area contributed by atoms with Gasteiger partial charge in [0.05, 0.1) is 10.2 Å². The van der Waals surface area contributed by atoms with E-state index in [2.05, 4.69) is 34.5 Å². The first kappa shape index (κ1) is 11.1. The van der Waals surface area contributed by atoms with E-state index in [1.807, 2.05) is 36.4 Å². The normalized spacial score (nSPS) is 10.6. The second kappa shape index (κ2) is 5.63. The Morgan fingerprint density at radius 3 is 1.62 bits per heavy atom. The van der Waals surface area contributed by atoms with Crippen molar-refractivity contribution in [1.29, 1.82) is 0 Å². The van der Waals surface area contributed by atoms with Crippen LogP contribution in [0.25, 0.3) is 0 Å². The number of ether oxygens (including phenoxy) is 1. The maximum absolute atomic E-state index is 5.73. The van der Waals surface area contributed by atoms with E-state index < -0.39 is 0 Å². The fourth-order valence-corrected chi connectivity index (χ4v) is 1.89. The van der Waals surface area contributed by atoms with E-state index in [1.54, 1.807) is 0 Å². The predicted molar refractivity (Wildman–Crippen MR) is 66.4 cm³/mol. The summed E-state index contributed by atoms with van der Waals surface area (Å²) in [5, 5.41) is 0. The molecule has 0 heterocycles. The molecule has 1 nitrogen and oxygen atoms in total. The van der Waals surface area contributed by atoms with Crippen LogP contribution in [0.3, 0.4) is 0 Å². The lowest BCUT2D eigenvalue weighted by molar-refractivity contribution is 0.119. The van der Waals surface area contributed by atoms with Crippen LogP contribution in [0.4, 0.5) is 0 Å². The fourth-order valence-electron chi connectivity index (χ4n) is 1.72. The molecule has 0 aliphatic carbocycles. The molecule has 0 atom stereocenters. The number of benzene rings is 2. The van der Waals surface area contributed by atoms with E-state index in [4.69, 9.17) is 4.74 Å². The highest BCUT2D eigenvalue weighted by molar-refractivity contribution is 6.08. The third-order valence-corrected chi connectivity index (χ3v) is 2.62. The van der Waals surface area contributed by atoms with Crippen LogP contribution in [-0.4, -0.2) is 16.5 Å². The zero-order valence-corrected chi connectivity index (χ0v) is 9.97. The van der Waals surface area contributed by atoms with Crippen LogP contribution in [0, 0.1) is 0 Å². The van der Waals surface area contributed by atoms with E-state index in [1.165, 1.54) is 11.1 Å². The summed E-state index contributed by atoms with van der Waals surface area (Å²) in [5.41, 5.74) is 2.35. The molecule has 0 spiro atoms. The second-order valence-corrected chi connectivity index (χ2v) is 3.80. The SMILES string of the molecule is [Si]COC(c1ccccc1)c1ccccc1. The first-order valence-corrected chi connectivity index (χ1v) is 5.98. The highest BCUT2D eigenvalue weighted by atomic mass is 28.1. The highest BCUT2D eigenvalue weighted by Crippen LogP contribution is 2.25. The van der Waals surface area contributed by atoms with Gasteiger partial charge in [-0.2, -0.15) is 0 Å². The molecule has 0 amide bonds. The topological polar surface area (TPSA) is 9.23 Å². The van der Waals surface area contributed by atoms with Crippen molar-refractivity contribution >= 4 is 10.2 Å². The van der Waals surface area contributed by atoms with E-state index in [9.17, 15) is 0 Å². The molecule has 0 bridgehead atoms. The molecular formula is C14H13OSi. The van der Waals surface area contributed by atoms with Gasteiger partial charge in [0.25, 0.3) is 0 Å². The fraction of sp³-hybridized carbons (Fsp3) is 0.143. The molecule has 0 fully saturated rings. The largest absolute Gasteiger partial charge is 0.373 e. The highest BCUT2D eigenvalue weighted by Gasteiger charge is 2.12. The lowest BCUT2D eigenvalue weighted by Gasteiger charge is -2.17. The quantitative estimate of drug-likeness (QED) is 0.727. The Morgan fingerprint density at radius 1 is 0.812 bits per heavy atom. The molecular weight excluding hydrogens is 212 g/mol. The Bertz CT molecular complexity index is 374. The third kappa shape index (κ3) is 2.59. The van der Waals surface area contributed by atoms with Gasteiger partial charge in [0, 0.05) is 6.23 Å². The summed E-state index contributed by atoms with van der Waals surface area (Å²) in [4.78, 5) is 0. The number of hydrogen-bond donors (Lipinski definition) is 0. The van der Waals surface area contributed by atoms with Crippen molar-refractivity contribution in [3.63, 3.8) is 0 Å². The van der Waals surface area contributed by atoms with Crippen LogP contribution in [0.5, 0.6) is 0 Å². The predicted octanol–water partition coefficient (Wildman–Crippen LogP) is 2.92. The number of hydrogen-bond acceptors (Lipinski definition) is 1. The smallest absolute Gasteiger partial charge is 0.107 e. The molecule has 2 aromatic rings. The lowest BCUT2D eigenvalue weighted by atomic mass is 10.0. The first-order chi connectivity index (χ1) is 7.92. The maximum atomic E-state index is 5.73. The van der Waals surface area contributed by atoms with Gasteiger partial charge in [-0.3, -0.25) is 0 Å². The van der Waals surface area contributed by atoms with Crippen molar-refractivity contribution in [3.05, 3.63) is 71.8 Å². The lowest BCUT2D eigenvalue weighted by Crippen LogP contribution is -2.07. The summed E-state index contributed by atoms with van der Waals surface area (Å²) in [7, 11) is 3.37. The second-order valence-electron chi connectivity index (χ2n) is 3.51. The third-order valence-electron chi connectivity index (χ3n) is 2.45. The summed E-state index contributed by atoms with van der Waals surface area (Å²) in [6, 6.07) is 20.5. The van der Waals surface area contributed by atoms with Crippen LogP contribution in [0.2, 0.25) is 0 Å². The summed E-state index contributed by atoms with van der Waals surface area (Å²) in [5.74, 6) is 0. The van der Waals surface area contributed by atoms with Gasteiger partial charge in [0.1, 0.15) is 6.10 Å².